The Labute approximate surface area is 196 Å². The highest BCUT2D eigenvalue weighted by Crippen LogP contribution is 2.39. The molecule has 33 heavy (non-hydrogen) atoms. The maximum atomic E-state index is 9.90. The van der Waals surface area contributed by atoms with E-state index in [2.05, 4.69) is 6.07 Å². The average molecular weight is 457 g/mol. The van der Waals surface area contributed by atoms with E-state index in [1.54, 1.807) is 18.4 Å². The van der Waals surface area contributed by atoms with Gasteiger partial charge >= 0.3 is 0 Å². The van der Waals surface area contributed by atoms with E-state index in [0.29, 0.717) is 18.0 Å². The summed E-state index contributed by atoms with van der Waals surface area (Å²) in [6.45, 7) is 2.54. The van der Waals surface area contributed by atoms with Crippen molar-refractivity contribution in [3.63, 3.8) is 0 Å². The number of benzene rings is 2. The molecule has 0 unspecified atom stereocenters. The van der Waals surface area contributed by atoms with E-state index < -0.39 is 0 Å². The quantitative estimate of drug-likeness (QED) is 0.341. The number of aryl methyl sites for hydroxylation is 1. The van der Waals surface area contributed by atoms with Crippen LogP contribution in [0, 0.1) is 11.3 Å². The largest absolute Gasteiger partial charge is 0.497 e. The van der Waals surface area contributed by atoms with Crippen LogP contribution in [0.4, 0.5) is 5.00 Å². The molecule has 0 saturated heterocycles. The lowest BCUT2D eigenvalue weighted by molar-refractivity contribution is 0.340. The van der Waals surface area contributed by atoms with Gasteiger partial charge in [-0.1, -0.05) is 0 Å². The normalized spacial score (nSPS) is 13.5. The number of nitrogens with zero attached hydrogens (tertiary/aromatic N) is 2. The van der Waals surface area contributed by atoms with Gasteiger partial charge in [-0.15, -0.1) is 11.3 Å². The molecule has 0 radical (unpaired) electrons. The molecule has 0 amide bonds. The minimum Gasteiger partial charge on any atom is -0.497 e. The maximum absolute atomic E-state index is 9.90. The SMILES string of the molecule is CCOc1ccc2oc(-c3ccc(OC)cc3)cc(=Nc3sc4c(c3C#N)CCCC4)c2c1. The molecule has 1 aliphatic rings. The smallest absolute Gasteiger partial charge is 0.137 e. The summed E-state index contributed by atoms with van der Waals surface area (Å²) in [4.78, 5) is 6.32. The summed E-state index contributed by atoms with van der Waals surface area (Å²) in [5.41, 5.74) is 3.54. The van der Waals surface area contributed by atoms with Crippen LogP contribution < -0.4 is 14.8 Å². The van der Waals surface area contributed by atoms with Gasteiger partial charge in [-0.25, -0.2) is 4.99 Å². The highest BCUT2D eigenvalue weighted by molar-refractivity contribution is 7.16. The van der Waals surface area contributed by atoms with Gasteiger partial charge in [0.15, 0.2) is 0 Å². The first-order valence-electron chi connectivity index (χ1n) is 11.1. The summed E-state index contributed by atoms with van der Waals surface area (Å²) in [6.07, 6.45) is 4.29. The fraction of sp³-hybridized carbons (Fsp3) is 0.259. The highest BCUT2D eigenvalue weighted by atomic mass is 32.1. The van der Waals surface area contributed by atoms with Crippen molar-refractivity contribution < 1.29 is 13.9 Å². The number of thiophene rings is 1. The second-order valence-corrected chi connectivity index (χ2v) is 9.01. The zero-order valence-electron chi connectivity index (χ0n) is 18.7. The monoisotopic (exact) mass is 456 g/mol. The summed E-state index contributed by atoms with van der Waals surface area (Å²) in [6, 6.07) is 17.9. The Morgan fingerprint density at radius 3 is 2.61 bits per heavy atom. The van der Waals surface area contributed by atoms with Crippen LogP contribution in [0.3, 0.4) is 0 Å². The predicted octanol–water partition coefficient (Wildman–Crippen LogP) is 6.55. The third kappa shape index (κ3) is 4.12. The van der Waals surface area contributed by atoms with Gasteiger partial charge in [0.1, 0.15) is 33.9 Å². The van der Waals surface area contributed by atoms with Crippen molar-refractivity contribution >= 4 is 27.3 Å². The first-order valence-corrected chi connectivity index (χ1v) is 12.0. The van der Waals surface area contributed by atoms with Crippen LogP contribution in [0.1, 0.15) is 35.8 Å². The van der Waals surface area contributed by atoms with E-state index in [0.717, 1.165) is 57.6 Å². The van der Waals surface area contributed by atoms with E-state index in [-0.39, 0.29) is 0 Å². The third-order valence-electron chi connectivity index (χ3n) is 5.89. The molecule has 0 N–H and O–H groups in total. The molecule has 2 heterocycles. The molecule has 2 aromatic heterocycles. The van der Waals surface area contributed by atoms with E-state index in [1.807, 2.05) is 55.5 Å². The Balaban J connectivity index is 1.74. The summed E-state index contributed by atoms with van der Waals surface area (Å²) >= 11 is 1.64. The van der Waals surface area contributed by atoms with Gasteiger partial charge in [0.2, 0.25) is 0 Å². The Kier molecular flexibility index (Phi) is 5.89. The molecule has 1 aliphatic carbocycles. The number of nitriles is 1. The van der Waals surface area contributed by atoms with Crippen molar-refractivity contribution in [2.24, 2.45) is 4.99 Å². The van der Waals surface area contributed by atoms with Gasteiger partial charge in [0.05, 0.1) is 24.6 Å². The van der Waals surface area contributed by atoms with Crippen LogP contribution in [-0.2, 0) is 12.8 Å². The van der Waals surface area contributed by atoms with E-state index >= 15 is 0 Å². The summed E-state index contributed by atoms with van der Waals surface area (Å²) in [5, 5.41) is 12.3. The summed E-state index contributed by atoms with van der Waals surface area (Å²) in [7, 11) is 1.65. The standard InChI is InChI=1S/C27H24N2O3S/c1-3-31-19-12-13-24-21(14-19)23(15-25(32-24)17-8-10-18(30-2)11-9-17)29-27-22(16-28)20-6-4-5-7-26(20)33-27/h8-15H,3-7H2,1-2H3. The molecule has 6 heteroatoms. The first kappa shape index (κ1) is 21.3. The molecule has 0 bridgehead atoms. The molecule has 5 rings (SSSR count). The molecular weight excluding hydrogens is 432 g/mol. The maximum Gasteiger partial charge on any atom is 0.137 e. The van der Waals surface area contributed by atoms with E-state index in [9.17, 15) is 5.26 Å². The number of fused-ring (bicyclic) bond motifs is 2. The summed E-state index contributed by atoms with van der Waals surface area (Å²) < 4.78 is 17.3. The van der Waals surface area contributed by atoms with Crippen LogP contribution in [0.25, 0.3) is 22.3 Å². The van der Waals surface area contributed by atoms with Gasteiger partial charge < -0.3 is 13.9 Å². The van der Waals surface area contributed by atoms with Crippen molar-refractivity contribution in [3.05, 3.63) is 69.9 Å². The Morgan fingerprint density at radius 2 is 1.85 bits per heavy atom. The van der Waals surface area contributed by atoms with Gasteiger partial charge in [-0.2, -0.15) is 5.26 Å². The zero-order chi connectivity index (χ0) is 22.8. The second kappa shape index (κ2) is 9.13. The van der Waals surface area contributed by atoms with Crippen LogP contribution >= 0.6 is 11.3 Å². The molecule has 5 nitrogen and oxygen atoms in total. The number of hydrogen-bond donors (Lipinski definition) is 0. The number of ether oxygens (including phenoxy) is 2. The minimum atomic E-state index is 0.579. The topological polar surface area (TPSA) is 67.8 Å². The van der Waals surface area contributed by atoms with Crippen LogP contribution in [0.15, 0.2) is 57.9 Å². The van der Waals surface area contributed by atoms with Crippen LogP contribution in [0.5, 0.6) is 11.5 Å². The van der Waals surface area contributed by atoms with Gasteiger partial charge in [0, 0.05) is 21.9 Å². The lowest BCUT2D eigenvalue weighted by atomic mass is 9.96. The van der Waals surface area contributed by atoms with Crippen molar-refractivity contribution in [2.45, 2.75) is 32.6 Å². The molecular formula is C27H24N2O3S. The minimum absolute atomic E-state index is 0.579. The number of methoxy groups -OCH3 is 1. The third-order valence-corrected chi connectivity index (χ3v) is 7.07. The second-order valence-electron chi connectivity index (χ2n) is 7.93. The molecule has 2 aromatic carbocycles. The lowest BCUT2D eigenvalue weighted by Gasteiger charge is -2.09. The van der Waals surface area contributed by atoms with Crippen LogP contribution in [0.2, 0.25) is 0 Å². The first-order chi connectivity index (χ1) is 16.2. The zero-order valence-corrected chi connectivity index (χ0v) is 19.5. The van der Waals surface area contributed by atoms with Crippen molar-refractivity contribution in [3.8, 4) is 28.9 Å². The van der Waals surface area contributed by atoms with Crippen molar-refractivity contribution in [1.82, 2.24) is 0 Å². The molecule has 166 valence electrons. The van der Waals surface area contributed by atoms with E-state index in [1.165, 1.54) is 16.9 Å². The molecule has 0 saturated carbocycles. The molecule has 0 spiro atoms. The Morgan fingerprint density at radius 1 is 1.06 bits per heavy atom. The molecule has 0 aliphatic heterocycles. The average Bonchev–Trinajstić information content (AvgIpc) is 3.21. The molecule has 0 fully saturated rings. The fourth-order valence-electron chi connectivity index (χ4n) is 4.25. The number of rotatable bonds is 5. The number of hydrogen-bond acceptors (Lipinski definition) is 6. The predicted molar refractivity (Wildman–Crippen MR) is 130 cm³/mol. The summed E-state index contributed by atoms with van der Waals surface area (Å²) in [5.74, 6) is 2.25. The Bertz CT molecular complexity index is 1430. The highest BCUT2D eigenvalue weighted by Gasteiger charge is 2.20. The van der Waals surface area contributed by atoms with Crippen molar-refractivity contribution in [2.75, 3.05) is 13.7 Å². The van der Waals surface area contributed by atoms with Crippen LogP contribution in [-0.4, -0.2) is 13.7 Å². The van der Waals surface area contributed by atoms with Crippen molar-refractivity contribution in [1.29, 1.82) is 5.26 Å². The molecule has 0 atom stereocenters. The van der Waals surface area contributed by atoms with Gasteiger partial charge in [-0.3, -0.25) is 0 Å². The Hall–Kier alpha value is -3.56. The molecule has 4 aromatic rings. The van der Waals surface area contributed by atoms with Gasteiger partial charge in [0.25, 0.3) is 0 Å². The van der Waals surface area contributed by atoms with E-state index in [4.69, 9.17) is 18.9 Å². The lowest BCUT2D eigenvalue weighted by Crippen LogP contribution is -2.04. The fourth-order valence-corrected chi connectivity index (χ4v) is 5.47. The van der Waals surface area contributed by atoms with Gasteiger partial charge in [-0.05, 0) is 80.6 Å².